The maximum absolute atomic E-state index is 9.12. The molecule has 5 heteroatoms. The molecule has 0 aliphatic carbocycles. The number of hydrogen-bond donors (Lipinski definition) is 1. The monoisotopic (exact) mass is 429 g/mol. The molecule has 166 valence electrons. The number of aliphatic hydroxyl groups is 1. The molecule has 0 saturated carbocycles. The van der Waals surface area contributed by atoms with Crippen molar-refractivity contribution in [2.75, 3.05) is 52.5 Å². The van der Waals surface area contributed by atoms with Crippen LogP contribution in [0.25, 0.3) is 21.8 Å². The highest BCUT2D eigenvalue weighted by atomic mass is 16.5. The topological polar surface area (TPSA) is 40.9 Å². The summed E-state index contributed by atoms with van der Waals surface area (Å²) in [6.45, 7) is 7.56. The van der Waals surface area contributed by atoms with Gasteiger partial charge in [-0.15, -0.1) is 0 Å². The van der Waals surface area contributed by atoms with Crippen LogP contribution in [-0.2, 0) is 6.54 Å². The Morgan fingerprint density at radius 3 is 2.19 bits per heavy atom. The van der Waals surface area contributed by atoms with Gasteiger partial charge in [-0.05, 0) is 23.8 Å². The van der Waals surface area contributed by atoms with E-state index in [4.69, 9.17) is 9.84 Å². The molecule has 32 heavy (non-hydrogen) atoms. The van der Waals surface area contributed by atoms with Crippen LogP contribution in [0.3, 0.4) is 0 Å². The van der Waals surface area contributed by atoms with E-state index in [9.17, 15) is 0 Å². The van der Waals surface area contributed by atoms with E-state index in [0.717, 1.165) is 51.6 Å². The van der Waals surface area contributed by atoms with Gasteiger partial charge < -0.3 is 14.4 Å². The number of para-hydroxylation sites is 1. The van der Waals surface area contributed by atoms with Crippen molar-refractivity contribution in [2.24, 2.45) is 0 Å². The van der Waals surface area contributed by atoms with Gasteiger partial charge in [0, 0.05) is 62.1 Å². The summed E-state index contributed by atoms with van der Waals surface area (Å²) in [5.74, 6) is 0.962. The molecule has 5 nitrogen and oxygen atoms in total. The third-order valence-corrected chi connectivity index (χ3v) is 6.49. The molecule has 0 unspecified atom stereocenters. The first-order valence-corrected chi connectivity index (χ1v) is 11.6. The lowest BCUT2D eigenvalue weighted by Crippen LogP contribution is -2.48. The Morgan fingerprint density at radius 2 is 1.41 bits per heavy atom. The standard InChI is InChI=1S/C27H31N3O2/c31-19-17-28-13-15-29(16-14-28)18-20-32-26-12-6-11-25-27(26)23-9-4-5-10-24(23)30(25)21-22-7-2-1-3-8-22/h1-12,31H,13-21H2. The van der Waals surface area contributed by atoms with Crippen LogP contribution in [0.1, 0.15) is 5.56 Å². The number of nitrogens with zero attached hydrogens (tertiary/aromatic N) is 3. The molecular weight excluding hydrogens is 398 g/mol. The van der Waals surface area contributed by atoms with Crippen molar-refractivity contribution < 1.29 is 9.84 Å². The van der Waals surface area contributed by atoms with Crippen LogP contribution in [0.2, 0.25) is 0 Å². The molecule has 4 aromatic rings. The predicted molar refractivity (Wildman–Crippen MR) is 130 cm³/mol. The van der Waals surface area contributed by atoms with E-state index in [1.165, 1.54) is 27.4 Å². The van der Waals surface area contributed by atoms with Crippen LogP contribution in [0.5, 0.6) is 5.75 Å². The molecule has 2 heterocycles. The fourth-order valence-electron chi connectivity index (χ4n) is 4.78. The van der Waals surface area contributed by atoms with Gasteiger partial charge in [0.25, 0.3) is 0 Å². The molecule has 1 N–H and O–H groups in total. The highest BCUT2D eigenvalue weighted by Crippen LogP contribution is 2.36. The van der Waals surface area contributed by atoms with Gasteiger partial charge in [-0.3, -0.25) is 9.80 Å². The van der Waals surface area contributed by atoms with Crippen LogP contribution in [0.4, 0.5) is 0 Å². The van der Waals surface area contributed by atoms with E-state index in [0.29, 0.717) is 6.61 Å². The van der Waals surface area contributed by atoms with Crippen LogP contribution >= 0.6 is 0 Å². The Morgan fingerprint density at radius 1 is 0.719 bits per heavy atom. The van der Waals surface area contributed by atoms with E-state index in [-0.39, 0.29) is 6.61 Å². The Hall–Kier alpha value is -2.86. The number of ether oxygens (including phenoxy) is 1. The highest BCUT2D eigenvalue weighted by molar-refractivity contribution is 6.11. The Balaban J connectivity index is 1.36. The lowest BCUT2D eigenvalue weighted by atomic mass is 10.1. The van der Waals surface area contributed by atoms with E-state index in [1.54, 1.807) is 0 Å². The second-order valence-electron chi connectivity index (χ2n) is 8.49. The fraction of sp³-hybridized carbons (Fsp3) is 0.333. The van der Waals surface area contributed by atoms with Crippen molar-refractivity contribution in [3.63, 3.8) is 0 Å². The third-order valence-electron chi connectivity index (χ3n) is 6.49. The first-order valence-electron chi connectivity index (χ1n) is 11.6. The van der Waals surface area contributed by atoms with Gasteiger partial charge in [-0.25, -0.2) is 0 Å². The van der Waals surface area contributed by atoms with Crippen molar-refractivity contribution in [1.29, 1.82) is 0 Å². The molecule has 1 aliphatic heterocycles. The van der Waals surface area contributed by atoms with Crippen molar-refractivity contribution in [3.8, 4) is 5.75 Å². The molecule has 0 atom stereocenters. The number of rotatable bonds is 8. The summed E-state index contributed by atoms with van der Waals surface area (Å²) in [7, 11) is 0. The van der Waals surface area contributed by atoms with Crippen LogP contribution in [0, 0.1) is 0 Å². The Labute approximate surface area is 189 Å². The summed E-state index contributed by atoms with van der Waals surface area (Å²) < 4.78 is 8.76. The van der Waals surface area contributed by atoms with Gasteiger partial charge in [-0.1, -0.05) is 54.6 Å². The largest absolute Gasteiger partial charge is 0.492 e. The quantitative estimate of drug-likeness (QED) is 0.462. The highest BCUT2D eigenvalue weighted by Gasteiger charge is 2.17. The molecule has 0 radical (unpaired) electrons. The first kappa shape index (κ1) is 21.0. The zero-order valence-electron chi connectivity index (χ0n) is 18.5. The number of aromatic nitrogens is 1. The van der Waals surface area contributed by atoms with E-state index in [2.05, 4.69) is 87.2 Å². The zero-order chi connectivity index (χ0) is 21.8. The second-order valence-corrected chi connectivity index (χ2v) is 8.49. The smallest absolute Gasteiger partial charge is 0.129 e. The second kappa shape index (κ2) is 9.74. The van der Waals surface area contributed by atoms with Crippen LogP contribution in [-0.4, -0.2) is 72.0 Å². The van der Waals surface area contributed by atoms with Crippen molar-refractivity contribution in [2.45, 2.75) is 6.54 Å². The van der Waals surface area contributed by atoms with Gasteiger partial charge in [0.2, 0.25) is 0 Å². The minimum absolute atomic E-state index is 0.241. The molecule has 5 rings (SSSR count). The van der Waals surface area contributed by atoms with Gasteiger partial charge in [0.1, 0.15) is 12.4 Å². The Bertz CT molecular complexity index is 1160. The van der Waals surface area contributed by atoms with Gasteiger partial charge >= 0.3 is 0 Å². The number of piperazine rings is 1. The third kappa shape index (κ3) is 4.37. The van der Waals surface area contributed by atoms with Gasteiger partial charge in [0.05, 0.1) is 12.1 Å². The molecule has 0 amide bonds. The summed E-state index contributed by atoms with van der Waals surface area (Å²) in [5, 5.41) is 11.6. The maximum atomic E-state index is 9.12. The number of fused-ring (bicyclic) bond motifs is 3. The number of aliphatic hydroxyl groups excluding tert-OH is 1. The van der Waals surface area contributed by atoms with Crippen LogP contribution in [0.15, 0.2) is 72.8 Å². The molecule has 1 aromatic heterocycles. The van der Waals surface area contributed by atoms with Crippen molar-refractivity contribution in [3.05, 3.63) is 78.4 Å². The fourth-order valence-corrected chi connectivity index (χ4v) is 4.78. The molecule has 1 aliphatic rings. The normalized spacial score (nSPS) is 15.5. The average Bonchev–Trinajstić information content (AvgIpc) is 3.15. The summed E-state index contributed by atoms with van der Waals surface area (Å²) in [5.41, 5.74) is 3.74. The van der Waals surface area contributed by atoms with Gasteiger partial charge in [-0.2, -0.15) is 0 Å². The molecular formula is C27H31N3O2. The maximum Gasteiger partial charge on any atom is 0.129 e. The SMILES string of the molecule is OCCN1CCN(CCOc2cccc3c2c2ccccc2n3Cc2ccccc2)CC1. The Kier molecular flexibility index (Phi) is 6.39. The molecule has 0 bridgehead atoms. The first-order chi connectivity index (χ1) is 15.8. The van der Waals surface area contributed by atoms with Crippen molar-refractivity contribution in [1.82, 2.24) is 14.4 Å². The number of benzene rings is 3. The summed E-state index contributed by atoms with van der Waals surface area (Å²) in [4.78, 5) is 4.77. The average molecular weight is 430 g/mol. The minimum atomic E-state index is 0.241. The zero-order valence-corrected chi connectivity index (χ0v) is 18.5. The molecule has 3 aromatic carbocycles. The number of hydrogen-bond acceptors (Lipinski definition) is 4. The summed E-state index contributed by atoms with van der Waals surface area (Å²) >= 11 is 0. The van der Waals surface area contributed by atoms with E-state index < -0.39 is 0 Å². The van der Waals surface area contributed by atoms with Gasteiger partial charge in [0.15, 0.2) is 0 Å². The van der Waals surface area contributed by atoms with E-state index in [1.807, 2.05) is 0 Å². The summed E-state index contributed by atoms with van der Waals surface area (Å²) in [6, 6.07) is 25.6. The predicted octanol–water partition coefficient (Wildman–Crippen LogP) is 3.83. The molecule has 1 saturated heterocycles. The molecule has 0 spiro atoms. The summed E-state index contributed by atoms with van der Waals surface area (Å²) in [6.07, 6.45) is 0. The lowest BCUT2D eigenvalue weighted by Gasteiger charge is -2.34. The van der Waals surface area contributed by atoms with Crippen molar-refractivity contribution >= 4 is 21.8 Å². The lowest BCUT2D eigenvalue weighted by molar-refractivity contribution is 0.102. The van der Waals surface area contributed by atoms with E-state index >= 15 is 0 Å². The number of β-amino-alcohol motifs (C(OH)–C–C–N with tert-alkyl or cyclic N) is 1. The minimum Gasteiger partial charge on any atom is -0.492 e. The van der Waals surface area contributed by atoms with Crippen LogP contribution < -0.4 is 4.74 Å². The molecule has 1 fully saturated rings.